The van der Waals surface area contributed by atoms with Crippen molar-refractivity contribution in [2.75, 3.05) is 11.9 Å². The van der Waals surface area contributed by atoms with Gasteiger partial charge < -0.3 is 5.32 Å². The van der Waals surface area contributed by atoms with Crippen molar-refractivity contribution in [3.8, 4) is 11.3 Å². The van der Waals surface area contributed by atoms with Gasteiger partial charge in [-0.1, -0.05) is 60.0 Å². The second-order valence-corrected chi connectivity index (χ2v) is 5.26. The lowest BCUT2D eigenvalue weighted by Gasteiger charge is -2.11. The normalized spacial score (nSPS) is 10.5. The molecule has 0 spiro atoms. The van der Waals surface area contributed by atoms with Crippen LogP contribution in [0.4, 0.5) is 5.82 Å². The van der Waals surface area contributed by atoms with E-state index in [0.717, 1.165) is 24.2 Å². The Kier molecular flexibility index (Phi) is 4.67. The molecule has 2 nitrogen and oxygen atoms in total. The molecule has 2 aromatic rings. The largest absolute Gasteiger partial charge is 0.369 e. The Balaban J connectivity index is 2.41. The summed E-state index contributed by atoms with van der Waals surface area (Å²) in [5.74, 6) is 0.684. The molecule has 1 N–H and O–H groups in total. The number of pyridine rings is 1. The first-order valence-corrected chi connectivity index (χ1v) is 7.04. The highest BCUT2D eigenvalue weighted by molar-refractivity contribution is 6.37. The molecular formula is C15H16Cl2N2. The van der Waals surface area contributed by atoms with E-state index in [9.17, 15) is 0 Å². The monoisotopic (exact) mass is 294 g/mol. The Hall–Kier alpha value is -1.25. The highest BCUT2D eigenvalue weighted by atomic mass is 35.5. The number of nitrogens with zero attached hydrogens (tertiary/aromatic N) is 1. The number of hydrogen-bond acceptors (Lipinski definition) is 2. The average molecular weight is 295 g/mol. The molecule has 0 aliphatic carbocycles. The van der Waals surface area contributed by atoms with Crippen LogP contribution in [0.1, 0.15) is 18.9 Å². The van der Waals surface area contributed by atoms with Crippen LogP contribution < -0.4 is 5.32 Å². The molecule has 100 valence electrons. The SMILES string of the molecule is CCCNc1nc(-c2ccc(C)cc2)c(Cl)cc1Cl. The number of anilines is 1. The summed E-state index contributed by atoms with van der Waals surface area (Å²) in [5, 5.41) is 4.33. The van der Waals surface area contributed by atoms with Crippen LogP contribution in [-0.4, -0.2) is 11.5 Å². The van der Waals surface area contributed by atoms with Gasteiger partial charge in [0.05, 0.1) is 15.7 Å². The van der Waals surface area contributed by atoms with Crippen LogP contribution in [0.2, 0.25) is 10.0 Å². The fourth-order valence-electron chi connectivity index (χ4n) is 1.75. The van der Waals surface area contributed by atoms with Crippen molar-refractivity contribution in [1.82, 2.24) is 4.98 Å². The van der Waals surface area contributed by atoms with Gasteiger partial charge in [0.2, 0.25) is 0 Å². The maximum Gasteiger partial charge on any atom is 0.145 e. The Morgan fingerprint density at radius 3 is 2.42 bits per heavy atom. The summed E-state index contributed by atoms with van der Waals surface area (Å²) in [6.45, 7) is 4.98. The first-order valence-electron chi connectivity index (χ1n) is 6.28. The van der Waals surface area contributed by atoms with E-state index in [0.29, 0.717) is 15.9 Å². The number of hydrogen-bond donors (Lipinski definition) is 1. The molecule has 4 heteroatoms. The molecular weight excluding hydrogens is 279 g/mol. The van der Waals surface area contributed by atoms with Crippen molar-refractivity contribution in [2.45, 2.75) is 20.3 Å². The summed E-state index contributed by atoms with van der Waals surface area (Å²) < 4.78 is 0. The summed E-state index contributed by atoms with van der Waals surface area (Å²) in [6.07, 6.45) is 1.01. The second-order valence-electron chi connectivity index (χ2n) is 4.44. The molecule has 0 aliphatic rings. The number of aromatic nitrogens is 1. The maximum absolute atomic E-state index is 6.24. The number of nitrogens with one attached hydrogen (secondary N) is 1. The fourth-order valence-corrected chi connectivity index (χ4v) is 2.28. The quantitative estimate of drug-likeness (QED) is 0.840. The van der Waals surface area contributed by atoms with E-state index in [2.05, 4.69) is 24.1 Å². The zero-order valence-corrected chi connectivity index (χ0v) is 12.5. The van der Waals surface area contributed by atoms with Gasteiger partial charge in [0.15, 0.2) is 0 Å². The van der Waals surface area contributed by atoms with Gasteiger partial charge in [-0.05, 0) is 19.4 Å². The van der Waals surface area contributed by atoms with Crippen molar-refractivity contribution >= 4 is 29.0 Å². The zero-order chi connectivity index (χ0) is 13.8. The third-order valence-electron chi connectivity index (χ3n) is 2.80. The van der Waals surface area contributed by atoms with Gasteiger partial charge in [-0.3, -0.25) is 0 Å². The Bertz CT molecular complexity index is 565. The van der Waals surface area contributed by atoms with E-state index >= 15 is 0 Å². The third-order valence-corrected chi connectivity index (χ3v) is 3.37. The van der Waals surface area contributed by atoms with Crippen LogP contribution in [-0.2, 0) is 0 Å². The first kappa shape index (κ1) is 14.2. The van der Waals surface area contributed by atoms with Gasteiger partial charge in [0, 0.05) is 12.1 Å². The predicted octanol–water partition coefficient (Wildman–Crippen LogP) is 5.19. The lowest BCUT2D eigenvalue weighted by atomic mass is 10.1. The van der Waals surface area contributed by atoms with Gasteiger partial charge >= 0.3 is 0 Å². The van der Waals surface area contributed by atoms with Gasteiger partial charge in [-0.15, -0.1) is 0 Å². The minimum absolute atomic E-state index is 0.550. The predicted molar refractivity (Wildman–Crippen MR) is 83.2 cm³/mol. The molecule has 0 unspecified atom stereocenters. The second kappa shape index (κ2) is 6.27. The van der Waals surface area contributed by atoms with Crippen LogP contribution in [0.25, 0.3) is 11.3 Å². The van der Waals surface area contributed by atoms with Crippen molar-refractivity contribution in [3.63, 3.8) is 0 Å². The standard InChI is InChI=1S/C15H16Cl2N2/c1-3-8-18-15-13(17)9-12(16)14(19-15)11-6-4-10(2)5-7-11/h4-7,9H,3,8H2,1-2H3,(H,18,19). The van der Waals surface area contributed by atoms with E-state index in [1.165, 1.54) is 5.56 Å². The molecule has 0 saturated heterocycles. The molecule has 2 rings (SSSR count). The zero-order valence-electron chi connectivity index (χ0n) is 11.0. The molecule has 0 saturated carbocycles. The van der Waals surface area contributed by atoms with Crippen molar-refractivity contribution in [1.29, 1.82) is 0 Å². The average Bonchev–Trinajstić information content (AvgIpc) is 2.39. The van der Waals surface area contributed by atoms with E-state index in [1.807, 2.05) is 24.3 Å². The minimum atomic E-state index is 0.550. The summed E-state index contributed by atoms with van der Waals surface area (Å²) in [4.78, 5) is 4.53. The summed E-state index contributed by atoms with van der Waals surface area (Å²) in [6, 6.07) is 9.85. The molecule has 0 atom stereocenters. The molecule has 19 heavy (non-hydrogen) atoms. The minimum Gasteiger partial charge on any atom is -0.369 e. The highest BCUT2D eigenvalue weighted by Gasteiger charge is 2.10. The van der Waals surface area contributed by atoms with Crippen molar-refractivity contribution in [2.24, 2.45) is 0 Å². The molecule has 1 aromatic carbocycles. The molecule has 1 aromatic heterocycles. The molecule has 0 fully saturated rings. The fraction of sp³-hybridized carbons (Fsp3) is 0.267. The van der Waals surface area contributed by atoms with Crippen LogP contribution in [0, 0.1) is 6.92 Å². The summed E-state index contributed by atoms with van der Waals surface area (Å²) >= 11 is 12.4. The summed E-state index contributed by atoms with van der Waals surface area (Å²) in [5.41, 5.74) is 2.95. The number of benzene rings is 1. The Labute approximate surface area is 123 Å². The third kappa shape index (κ3) is 3.40. The number of rotatable bonds is 4. The van der Waals surface area contributed by atoms with Crippen molar-refractivity contribution in [3.05, 3.63) is 45.9 Å². The van der Waals surface area contributed by atoms with Crippen LogP contribution in [0.15, 0.2) is 30.3 Å². The topological polar surface area (TPSA) is 24.9 Å². The van der Waals surface area contributed by atoms with E-state index in [-0.39, 0.29) is 0 Å². The van der Waals surface area contributed by atoms with Gasteiger partial charge in [0.25, 0.3) is 0 Å². The van der Waals surface area contributed by atoms with E-state index in [1.54, 1.807) is 6.07 Å². The summed E-state index contributed by atoms with van der Waals surface area (Å²) in [7, 11) is 0. The molecule has 0 aliphatic heterocycles. The smallest absolute Gasteiger partial charge is 0.145 e. The van der Waals surface area contributed by atoms with Crippen LogP contribution >= 0.6 is 23.2 Å². The molecule has 0 bridgehead atoms. The first-order chi connectivity index (χ1) is 9.11. The van der Waals surface area contributed by atoms with Crippen LogP contribution in [0.3, 0.4) is 0 Å². The van der Waals surface area contributed by atoms with E-state index in [4.69, 9.17) is 23.2 Å². The van der Waals surface area contributed by atoms with E-state index < -0.39 is 0 Å². The lowest BCUT2D eigenvalue weighted by molar-refractivity contribution is 0.970. The van der Waals surface area contributed by atoms with Crippen molar-refractivity contribution < 1.29 is 0 Å². The Morgan fingerprint density at radius 1 is 1.11 bits per heavy atom. The van der Waals surface area contributed by atoms with Gasteiger partial charge in [0.1, 0.15) is 5.82 Å². The Morgan fingerprint density at radius 2 is 1.79 bits per heavy atom. The lowest BCUT2D eigenvalue weighted by Crippen LogP contribution is -2.03. The molecule has 1 heterocycles. The molecule has 0 radical (unpaired) electrons. The van der Waals surface area contributed by atoms with Crippen LogP contribution in [0.5, 0.6) is 0 Å². The maximum atomic E-state index is 6.24. The highest BCUT2D eigenvalue weighted by Crippen LogP contribution is 2.32. The number of halogens is 2. The van der Waals surface area contributed by atoms with Gasteiger partial charge in [-0.2, -0.15) is 0 Å². The van der Waals surface area contributed by atoms with Gasteiger partial charge in [-0.25, -0.2) is 4.98 Å². The number of aryl methyl sites for hydroxylation is 1. The molecule has 0 amide bonds.